The molecule has 0 fully saturated rings. The van der Waals surface area contributed by atoms with Gasteiger partial charge in [0.15, 0.2) is 0 Å². The average molecular weight is 262 g/mol. The molecule has 0 aliphatic heterocycles. The fraction of sp³-hybridized carbons (Fsp3) is 0.588. The first kappa shape index (κ1) is 15.7. The number of hydrogen-bond acceptors (Lipinski definition) is 2. The van der Waals surface area contributed by atoms with E-state index in [2.05, 4.69) is 45.6 Å². The molecule has 0 aromatic heterocycles. The van der Waals surface area contributed by atoms with Crippen LogP contribution < -0.4 is 0 Å². The van der Waals surface area contributed by atoms with Crippen molar-refractivity contribution in [2.24, 2.45) is 11.8 Å². The fourth-order valence-electron chi connectivity index (χ4n) is 2.30. The van der Waals surface area contributed by atoms with Crippen molar-refractivity contribution in [1.82, 2.24) is 0 Å². The second-order valence-electron chi connectivity index (χ2n) is 5.75. The van der Waals surface area contributed by atoms with Gasteiger partial charge in [0, 0.05) is 13.3 Å². The lowest BCUT2D eigenvalue weighted by molar-refractivity contribution is -0.144. The van der Waals surface area contributed by atoms with E-state index in [1.165, 1.54) is 12.5 Å². The summed E-state index contributed by atoms with van der Waals surface area (Å²) in [4.78, 5) is 11.2. The zero-order valence-electron chi connectivity index (χ0n) is 12.6. The summed E-state index contributed by atoms with van der Waals surface area (Å²) in [5.74, 6) is 0.935. The zero-order valence-corrected chi connectivity index (χ0v) is 12.6. The summed E-state index contributed by atoms with van der Waals surface area (Å²) in [7, 11) is 0. The van der Waals surface area contributed by atoms with Crippen LogP contribution in [-0.2, 0) is 9.53 Å². The molecular formula is C17H26O2. The molecule has 2 atom stereocenters. The van der Waals surface area contributed by atoms with Crippen LogP contribution in [0.5, 0.6) is 0 Å². The van der Waals surface area contributed by atoms with E-state index in [9.17, 15) is 4.79 Å². The molecule has 2 heteroatoms. The van der Waals surface area contributed by atoms with Crippen molar-refractivity contribution in [3.63, 3.8) is 0 Å². The molecule has 0 heterocycles. The van der Waals surface area contributed by atoms with Crippen LogP contribution in [0.15, 0.2) is 36.0 Å². The Hall–Kier alpha value is -1.31. The minimum Gasteiger partial charge on any atom is -0.458 e. The molecule has 0 radical (unpaired) electrons. The van der Waals surface area contributed by atoms with Crippen LogP contribution in [0, 0.1) is 11.8 Å². The second kappa shape index (κ2) is 7.32. The van der Waals surface area contributed by atoms with Crippen molar-refractivity contribution in [3.8, 4) is 0 Å². The van der Waals surface area contributed by atoms with Crippen LogP contribution in [0.1, 0.15) is 47.0 Å². The molecule has 0 amide bonds. The number of carbonyl (C=O) groups excluding carboxylic acids is 1. The number of allylic oxidation sites excluding steroid dienone is 3. The van der Waals surface area contributed by atoms with Crippen LogP contribution in [0.2, 0.25) is 0 Å². The molecule has 0 saturated heterocycles. The predicted molar refractivity (Wildman–Crippen MR) is 79.8 cm³/mol. The van der Waals surface area contributed by atoms with Crippen LogP contribution in [0.3, 0.4) is 0 Å². The van der Waals surface area contributed by atoms with Gasteiger partial charge in [0.1, 0.15) is 6.10 Å². The van der Waals surface area contributed by atoms with Gasteiger partial charge < -0.3 is 4.74 Å². The number of carbonyl (C=O) groups is 1. The van der Waals surface area contributed by atoms with E-state index >= 15 is 0 Å². The maximum atomic E-state index is 11.2. The molecule has 0 N–H and O–H groups in total. The third-order valence-electron chi connectivity index (χ3n) is 3.68. The monoisotopic (exact) mass is 262 g/mol. The smallest absolute Gasteiger partial charge is 0.303 e. The van der Waals surface area contributed by atoms with Gasteiger partial charge in [0.25, 0.3) is 0 Å². The molecule has 1 aliphatic rings. The van der Waals surface area contributed by atoms with Crippen LogP contribution in [0.25, 0.3) is 0 Å². The first-order valence-corrected chi connectivity index (χ1v) is 7.10. The molecule has 1 aliphatic carbocycles. The standard InChI is InChI=1S/C17H26O2/c1-12(2)16-9-6-13(3)7-11-17(19-15(5)18)14(4)8-10-16/h6-7,9,12,16-17H,4,8,10-11H2,1-3,5H3. The third-order valence-corrected chi connectivity index (χ3v) is 3.68. The minimum absolute atomic E-state index is 0.174. The largest absolute Gasteiger partial charge is 0.458 e. The molecule has 0 bridgehead atoms. The van der Waals surface area contributed by atoms with E-state index in [0.717, 1.165) is 24.8 Å². The molecule has 106 valence electrons. The van der Waals surface area contributed by atoms with Gasteiger partial charge in [-0.3, -0.25) is 4.79 Å². The molecule has 2 nitrogen and oxygen atoms in total. The maximum absolute atomic E-state index is 11.2. The summed E-state index contributed by atoms with van der Waals surface area (Å²) in [6.07, 6.45) is 9.14. The van der Waals surface area contributed by atoms with Crippen molar-refractivity contribution < 1.29 is 9.53 Å². The highest BCUT2D eigenvalue weighted by Gasteiger charge is 2.18. The van der Waals surface area contributed by atoms with Gasteiger partial charge in [0.05, 0.1) is 0 Å². The Morgan fingerprint density at radius 2 is 2.16 bits per heavy atom. The van der Waals surface area contributed by atoms with E-state index in [4.69, 9.17) is 4.74 Å². The minimum atomic E-state index is -0.231. The van der Waals surface area contributed by atoms with Crippen LogP contribution in [0.4, 0.5) is 0 Å². The summed E-state index contributed by atoms with van der Waals surface area (Å²) in [6.45, 7) is 12.1. The SMILES string of the molecule is C=C1CCC(C(C)C)C=CC(C)=CCC1OC(C)=O. The Morgan fingerprint density at radius 1 is 1.47 bits per heavy atom. The van der Waals surface area contributed by atoms with Gasteiger partial charge >= 0.3 is 5.97 Å². The summed E-state index contributed by atoms with van der Waals surface area (Å²) in [6, 6.07) is 0. The molecule has 0 aromatic carbocycles. The maximum Gasteiger partial charge on any atom is 0.303 e. The number of ether oxygens (including phenoxy) is 1. The Labute approximate surface area is 117 Å². The van der Waals surface area contributed by atoms with Crippen molar-refractivity contribution in [1.29, 1.82) is 0 Å². The Morgan fingerprint density at radius 3 is 2.74 bits per heavy atom. The highest BCUT2D eigenvalue weighted by atomic mass is 16.5. The van der Waals surface area contributed by atoms with Gasteiger partial charge in [-0.25, -0.2) is 0 Å². The molecular weight excluding hydrogens is 236 g/mol. The van der Waals surface area contributed by atoms with Gasteiger partial charge in [-0.2, -0.15) is 0 Å². The number of rotatable bonds is 2. The molecule has 2 unspecified atom stereocenters. The summed E-state index contributed by atoms with van der Waals surface area (Å²) in [5, 5.41) is 0. The topological polar surface area (TPSA) is 26.3 Å². The van der Waals surface area contributed by atoms with E-state index in [1.807, 2.05) is 0 Å². The lowest BCUT2D eigenvalue weighted by Crippen LogP contribution is -2.19. The van der Waals surface area contributed by atoms with Crippen molar-refractivity contribution in [3.05, 3.63) is 36.0 Å². The van der Waals surface area contributed by atoms with Crippen molar-refractivity contribution in [2.45, 2.75) is 53.1 Å². The normalized spacial score (nSPS) is 25.1. The molecule has 0 saturated carbocycles. The van der Waals surface area contributed by atoms with E-state index in [1.54, 1.807) is 0 Å². The van der Waals surface area contributed by atoms with E-state index < -0.39 is 0 Å². The number of hydrogen-bond donors (Lipinski definition) is 0. The van der Waals surface area contributed by atoms with E-state index in [-0.39, 0.29) is 12.1 Å². The Kier molecular flexibility index (Phi) is 6.07. The average Bonchev–Trinajstić information content (AvgIpc) is 2.32. The molecule has 1 rings (SSSR count). The van der Waals surface area contributed by atoms with Crippen molar-refractivity contribution >= 4 is 5.97 Å². The molecule has 0 aromatic rings. The molecule has 19 heavy (non-hydrogen) atoms. The van der Waals surface area contributed by atoms with Gasteiger partial charge in [0.2, 0.25) is 0 Å². The third kappa shape index (κ3) is 5.46. The Balaban J connectivity index is 2.87. The lowest BCUT2D eigenvalue weighted by Gasteiger charge is -2.23. The highest BCUT2D eigenvalue weighted by Crippen LogP contribution is 2.26. The summed E-state index contributed by atoms with van der Waals surface area (Å²) in [5.41, 5.74) is 2.25. The first-order chi connectivity index (χ1) is 8.90. The van der Waals surface area contributed by atoms with E-state index in [0.29, 0.717) is 11.8 Å². The van der Waals surface area contributed by atoms with Crippen molar-refractivity contribution in [2.75, 3.05) is 0 Å². The summed E-state index contributed by atoms with van der Waals surface area (Å²) < 4.78 is 5.37. The number of esters is 1. The lowest BCUT2D eigenvalue weighted by atomic mass is 9.87. The predicted octanol–water partition coefficient (Wildman–Crippen LogP) is 4.43. The van der Waals surface area contributed by atoms with Crippen LogP contribution >= 0.6 is 0 Å². The quantitative estimate of drug-likeness (QED) is 0.543. The second-order valence-corrected chi connectivity index (χ2v) is 5.75. The highest BCUT2D eigenvalue weighted by molar-refractivity contribution is 5.66. The first-order valence-electron chi connectivity index (χ1n) is 7.10. The van der Waals surface area contributed by atoms with Gasteiger partial charge in [-0.05, 0) is 37.2 Å². The van der Waals surface area contributed by atoms with Crippen LogP contribution in [-0.4, -0.2) is 12.1 Å². The van der Waals surface area contributed by atoms with Gasteiger partial charge in [-0.15, -0.1) is 0 Å². The zero-order chi connectivity index (χ0) is 14.4. The molecule has 0 spiro atoms. The summed E-state index contributed by atoms with van der Waals surface area (Å²) >= 11 is 0. The Bertz CT molecular complexity index is 388. The van der Waals surface area contributed by atoms with Gasteiger partial charge in [-0.1, -0.05) is 44.2 Å². The fourth-order valence-corrected chi connectivity index (χ4v) is 2.30.